The van der Waals surface area contributed by atoms with E-state index in [0.29, 0.717) is 16.7 Å². The van der Waals surface area contributed by atoms with E-state index < -0.39 is 0 Å². The highest BCUT2D eigenvalue weighted by Gasteiger charge is 2.18. The Kier molecular flexibility index (Phi) is 3.20. The van der Waals surface area contributed by atoms with Gasteiger partial charge < -0.3 is 4.57 Å². The fraction of sp³-hybridized carbons (Fsp3) is 0.364. The van der Waals surface area contributed by atoms with Crippen LogP contribution in [-0.4, -0.2) is 31.2 Å². The molecule has 0 unspecified atom stereocenters. The molecule has 0 bridgehead atoms. The van der Waals surface area contributed by atoms with E-state index in [1.54, 1.807) is 18.5 Å². The Labute approximate surface area is 114 Å². The molecule has 18 heavy (non-hydrogen) atoms. The molecular formula is C11H11Cl2N5. The summed E-state index contributed by atoms with van der Waals surface area (Å²) in [6.07, 6.45) is 1.76. The molecule has 2 aromatic rings. The van der Waals surface area contributed by atoms with Gasteiger partial charge in [0, 0.05) is 19.6 Å². The summed E-state index contributed by atoms with van der Waals surface area (Å²) in [6.45, 7) is 3.24. The summed E-state index contributed by atoms with van der Waals surface area (Å²) in [5.74, 6) is 0.972. The summed E-state index contributed by atoms with van der Waals surface area (Å²) in [4.78, 5) is 6.49. The highest BCUT2D eigenvalue weighted by atomic mass is 35.5. The molecule has 1 aliphatic heterocycles. The maximum Gasteiger partial charge on any atom is 0.147 e. The Hall–Kier alpha value is -1.17. The van der Waals surface area contributed by atoms with Crippen molar-refractivity contribution >= 4 is 23.2 Å². The third-order valence-electron chi connectivity index (χ3n) is 2.98. The van der Waals surface area contributed by atoms with Gasteiger partial charge in [-0.3, -0.25) is 4.90 Å². The number of hydrogen-bond acceptors (Lipinski definition) is 4. The molecular weight excluding hydrogens is 273 g/mol. The van der Waals surface area contributed by atoms with Crippen LogP contribution in [0.5, 0.6) is 0 Å². The minimum absolute atomic E-state index is 0.467. The summed E-state index contributed by atoms with van der Waals surface area (Å²) in [5.41, 5.74) is 0.803. The molecule has 0 saturated carbocycles. The van der Waals surface area contributed by atoms with Crippen LogP contribution in [0.4, 0.5) is 0 Å². The lowest BCUT2D eigenvalue weighted by molar-refractivity contribution is 0.206. The van der Waals surface area contributed by atoms with Gasteiger partial charge in [0.05, 0.1) is 17.3 Å². The molecule has 94 valence electrons. The van der Waals surface area contributed by atoms with E-state index in [2.05, 4.69) is 24.6 Å². The maximum absolute atomic E-state index is 6.11. The first kappa shape index (κ1) is 11.9. The van der Waals surface area contributed by atoms with Crippen molar-refractivity contribution in [2.24, 2.45) is 0 Å². The van der Waals surface area contributed by atoms with E-state index >= 15 is 0 Å². The van der Waals surface area contributed by atoms with E-state index in [1.807, 2.05) is 0 Å². The first-order valence-electron chi connectivity index (χ1n) is 5.62. The van der Waals surface area contributed by atoms with Crippen LogP contribution in [0.15, 0.2) is 18.5 Å². The zero-order valence-electron chi connectivity index (χ0n) is 9.55. The number of aromatic nitrogens is 4. The predicted molar refractivity (Wildman–Crippen MR) is 68.4 cm³/mol. The average Bonchev–Trinajstić information content (AvgIpc) is 2.81. The topological polar surface area (TPSA) is 46.8 Å². The zero-order valence-corrected chi connectivity index (χ0v) is 11.1. The molecule has 0 saturated heterocycles. The number of pyridine rings is 1. The van der Waals surface area contributed by atoms with Gasteiger partial charge in [-0.1, -0.05) is 23.2 Å². The normalized spacial score (nSPS) is 15.7. The molecule has 2 aromatic heterocycles. The fourth-order valence-corrected chi connectivity index (χ4v) is 2.36. The molecule has 0 radical (unpaired) electrons. The maximum atomic E-state index is 6.11. The van der Waals surface area contributed by atoms with Crippen LogP contribution in [0.2, 0.25) is 10.2 Å². The zero-order chi connectivity index (χ0) is 12.5. The highest BCUT2D eigenvalue weighted by Crippen LogP contribution is 2.20. The van der Waals surface area contributed by atoms with Gasteiger partial charge in [-0.2, -0.15) is 0 Å². The quantitative estimate of drug-likeness (QED) is 0.791. The molecule has 3 heterocycles. The molecule has 3 rings (SSSR count). The molecule has 0 amide bonds. The third kappa shape index (κ3) is 2.34. The summed E-state index contributed by atoms with van der Waals surface area (Å²) in [5, 5.41) is 9.09. The van der Waals surface area contributed by atoms with Crippen LogP contribution < -0.4 is 0 Å². The van der Waals surface area contributed by atoms with Crippen molar-refractivity contribution in [1.29, 1.82) is 0 Å². The minimum Gasteiger partial charge on any atom is -0.315 e. The number of halogens is 2. The highest BCUT2D eigenvalue weighted by molar-refractivity contribution is 6.32. The van der Waals surface area contributed by atoms with E-state index in [-0.39, 0.29) is 0 Å². The lowest BCUT2D eigenvalue weighted by Gasteiger charge is -2.26. The lowest BCUT2D eigenvalue weighted by Crippen LogP contribution is -2.33. The van der Waals surface area contributed by atoms with Crippen molar-refractivity contribution in [1.82, 2.24) is 24.6 Å². The Morgan fingerprint density at radius 3 is 3.00 bits per heavy atom. The van der Waals surface area contributed by atoms with Crippen molar-refractivity contribution in [3.8, 4) is 0 Å². The smallest absolute Gasteiger partial charge is 0.147 e. The van der Waals surface area contributed by atoms with Gasteiger partial charge in [0.2, 0.25) is 0 Å². The molecule has 5 nitrogen and oxygen atoms in total. The molecule has 0 fully saturated rings. The Bertz CT molecular complexity index is 568. The second-order valence-electron chi connectivity index (χ2n) is 4.21. The number of nitrogens with zero attached hydrogens (tertiary/aromatic N) is 5. The van der Waals surface area contributed by atoms with Crippen LogP contribution in [0.25, 0.3) is 0 Å². The van der Waals surface area contributed by atoms with Crippen molar-refractivity contribution in [2.75, 3.05) is 6.54 Å². The SMILES string of the molecule is Clc1ccc(Cl)c(CN2CCn3cnnc3C2)n1. The molecule has 0 spiro atoms. The number of hydrogen-bond donors (Lipinski definition) is 0. The third-order valence-corrected chi connectivity index (χ3v) is 3.53. The van der Waals surface area contributed by atoms with Crippen LogP contribution >= 0.6 is 23.2 Å². The summed E-state index contributed by atoms with van der Waals surface area (Å²) >= 11 is 12.0. The lowest BCUT2D eigenvalue weighted by atomic mass is 10.3. The first-order chi connectivity index (χ1) is 8.72. The second-order valence-corrected chi connectivity index (χ2v) is 5.01. The van der Waals surface area contributed by atoms with Gasteiger partial charge in [-0.05, 0) is 12.1 Å². The van der Waals surface area contributed by atoms with Crippen LogP contribution in [0, 0.1) is 0 Å². The van der Waals surface area contributed by atoms with Crippen LogP contribution in [0.1, 0.15) is 11.5 Å². The minimum atomic E-state index is 0.467. The average molecular weight is 284 g/mol. The van der Waals surface area contributed by atoms with Gasteiger partial charge in [0.25, 0.3) is 0 Å². The van der Waals surface area contributed by atoms with Gasteiger partial charge >= 0.3 is 0 Å². The van der Waals surface area contributed by atoms with Crippen molar-refractivity contribution in [2.45, 2.75) is 19.6 Å². The fourth-order valence-electron chi connectivity index (χ4n) is 2.03. The molecule has 0 atom stereocenters. The van der Waals surface area contributed by atoms with E-state index in [0.717, 1.165) is 31.2 Å². The van der Waals surface area contributed by atoms with Crippen LogP contribution in [-0.2, 0) is 19.6 Å². The summed E-state index contributed by atoms with van der Waals surface area (Å²) in [6, 6.07) is 3.47. The van der Waals surface area contributed by atoms with Crippen LogP contribution in [0.3, 0.4) is 0 Å². The van der Waals surface area contributed by atoms with Gasteiger partial charge in [-0.25, -0.2) is 4.98 Å². The van der Waals surface area contributed by atoms with Crippen molar-refractivity contribution in [3.63, 3.8) is 0 Å². The Morgan fingerprint density at radius 1 is 1.22 bits per heavy atom. The largest absolute Gasteiger partial charge is 0.315 e. The van der Waals surface area contributed by atoms with Gasteiger partial charge in [-0.15, -0.1) is 10.2 Å². The van der Waals surface area contributed by atoms with E-state index in [4.69, 9.17) is 23.2 Å². The Balaban J connectivity index is 1.76. The molecule has 0 aromatic carbocycles. The summed E-state index contributed by atoms with van der Waals surface area (Å²) in [7, 11) is 0. The molecule has 7 heteroatoms. The summed E-state index contributed by atoms with van der Waals surface area (Å²) < 4.78 is 2.06. The standard InChI is InChI=1S/C11H11Cl2N5/c12-8-1-2-10(13)15-9(8)5-17-3-4-18-7-14-16-11(18)6-17/h1-2,7H,3-6H2. The monoisotopic (exact) mass is 283 g/mol. The van der Waals surface area contributed by atoms with E-state index in [1.165, 1.54) is 0 Å². The molecule has 0 aliphatic carbocycles. The Morgan fingerprint density at radius 2 is 2.11 bits per heavy atom. The van der Waals surface area contributed by atoms with E-state index in [9.17, 15) is 0 Å². The molecule has 1 aliphatic rings. The number of rotatable bonds is 2. The second kappa shape index (κ2) is 4.84. The molecule has 0 N–H and O–H groups in total. The predicted octanol–water partition coefficient (Wildman–Crippen LogP) is 2.00. The first-order valence-corrected chi connectivity index (χ1v) is 6.38. The van der Waals surface area contributed by atoms with Gasteiger partial charge in [0.15, 0.2) is 0 Å². The number of fused-ring (bicyclic) bond motifs is 1. The van der Waals surface area contributed by atoms with Crippen molar-refractivity contribution < 1.29 is 0 Å². The van der Waals surface area contributed by atoms with Crippen molar-refractivity contribution in [3.05, 3.63) is 40.2 Å². The van der Waals surface area contributed by atoms with Gasteiger partial charge in [0.1, 0.15) is 17.3 Å².